The second-order valence-electron chi connectivity index (χ2n) is 6.15. The van der Waals surface area contributed by atoms with Crippen molar-refractivity contribution in [2.45, 2.75) is 12.8 Å². The van der Waals surface area contributed by atoms with Crippen molar-refractivity contribution in [3.05, 3.63) is 30.0 Å². The van der Waals surface area contributed by atoms with E-state index in [1.165, 1.54) is 0 Å². The molecule has 0 spiro atoms. The van der Waals surface area contributed by atoms with Crippen LogP contribution in [0.4, 0.5) is 0 Å². The van der Waals surface area contributed by atoms with Crippen LogP contribution in [0.2, 0.25) is 0 Å². The summed E-state index contributed by atoms with van der Waals surface area (Å²) < 4.78 is 0. The number of hydrogen-bond donors (Lipinski definition) is 1. The second-order valence-corrected chi connectivity index (χ2v) is 6.15. The van der Waals surface area contributed by atoms with E-state index in [1.54, 1.807) is 0 Å². The number of H-pyrrole nitrogens is 1. The smallest absolute Gasteiger partial charge is 0.228 e. The quantitative estimate of drug-likeness (QED) is 0.927. The number of carbonyl (C=O) groups excluding carboxylic acids is 1. The van der Waals surface area contributed by atoms with E-state index in [2.05, 4.69) is 29.2 Å². The predicted molar refractivity (Wildman–Crippen MR) is 83.0 cm³/mol. The van der Waals surface area contributed by atoms with Gasteiger partial charge in [0, 0.05) is 25.0 Å². The van der Waals surface area contributed by atoms with E-state index in [1.807, 2.05) is 29.2 Å². The molecule has 5 nitrogen and oxygen atoms in total. The molecule has 0 bridgehead atoms. The summed E-state index contributed by atoms with van der Waals surface area (Å²) in [5, 5.41) is 8.31. The zero-order valence-electron chi connectivity index (χ0n) is 12.7. The standard InChI is InChI=1S/C16H22N4O/c1-19(2)10-12-7-8-20(11-12)16(21)9-15-13-5-3-4-6-14(13)17-18-15/h3-6,12H,7-11H2,1-2H3,(H,17,18)/t12-/m0/s1. The van der Waals surface area contributed by atoms with Crippen LogP contribution >= 0.6 is 0 Å². The highest BCUT2D eigenvalue weighted by Crippen LogP contribution is 2.20. The Hall–Kier alpha value is -1.88. The average molecular weight is 286 g/mol. The normalized spacial score (nSPS) is 18.8. The topological polar surface area (TPSA) is 52.2 Å². The molecule has 0 aliphatic carbocycles. The minimum atomic E-state index is 0.200. The van der Waals surface area contributed by atoms with E-state index >= 15 is 0 Å². The Bertz CT molecular complexity index is 634. The van der Waals surface area contributed by atoms with Crippen molar-refractivity contribution in [1.82, 2.24) is 20.0 Å². The van der Waals surface area contributed by atoms with E-state index in [-0.39, 0.29) is 5.91 Å². The van der Waals surface area contributed by atoms with Gasteiger partial charge in [-0.2, -0.15) is 5.10 Å². The van der Waals surface area contributed by atoms with Gasteiger partial charge >= 0.3 is 0 Å². The fourth-order valence-corrected chi connectivity index (χ4v) is 3.14. The molecule has 1 aromatic heterocycles. The predicted octanol–water partition coefficient (Wildman–Crippen LogP) is 1.52. The van der Waals surface area contributed by atoms with Crippen LogP contribution in [0.5, 0.6) is 0 Å². The van der Waals surface area contributed by atoms with Gasteiger partial charge in [-0.15, -0.1) is 0 Å². The number of para-hydroxylation sites is 1. The van der Waals surface area contributed by atoms with Gasteiger partial charge in [-0.3, -0.25) is 9.89 Å². The van der Waals surface area contributed by atoms with Crippen molar-refractivity contribution >= 4 is 16.8 Å². The van der Waals surface area contributed by atoms with Crippen molar-refractivity contribution < 1.29 is 4.79 Å². The van der Waals surface area contributed by atoms with Crippen LogP contribution in [0.3, 0.4) is 0 Å². The van der Waals surface area contributed by atoms with Gasteiger partial charge in [-0.25, -0.2) is 0 Å². The Morgan fingerprint density at radius 1 is 1.43 bits per heavy atom. The third kappa shape index (κ3) is 3.08. The number of hydrogen-bond acceptors (Lipinski definition) is 3. The lowest BCUT2D eigenvalue weighted by atomic mass is 10.1. The molecule has 1 saturated heterocycles. The Morgan fingerprint density at radius 3 is 3.05 bits per heavy atom. The molecule has 0 unspecified atom stereocenters. The molecule has 2 heterocycles. The molecule has 21 heavy (non-hydrogen) atoms. The fraction of sp³-hybridized carbons (Fsp3) is 0.500. The van der Waals surface area contributed by atoms with Gasteiger partial charge in [0.1, 0.15) is 0 Å². The summed E-state index contributed by atoms with van der Waals surface area (Å²) in [6.07, 6.45) is 1.52. The van der Waals surface area contributed by atoms with Crippen molar-refractivity contribution in [3.8, 4) is 0 Å². The van der Waals surface area contributed by atoms with E-state index < -0.39 is 0 Å². The Balaban J connectivity index is 1.64. The highest BCUT2D eigenvalue weighted by molar-refractivity contribution is 5.87. The molecule has 112 valence electrons. The number of aromatic amines is 1. The zero-order valence-corrected chi connectivity index (χ0v) is 12.7. The fourth-order valence-electron chi connectivity index (χ4n) is 3.14. The molecule has 0 radical (unpaired) electrons. The van der Waals surface area contributed by atoms with Crippen molar-refractivity contribution in [2.24, 2.45) is 5.92 Å². The lowest BCUT2D eigenvalue weighted by molar-refractivity contribution is -0.129. The Morgan fingerprint density at radius 2 is 2.24 bits per heavy atom. The molecule has 1 amide bonds. The molecule has 2 aromatic rings. The largest absolute Gasteiger partial charge is 0.342 e. The summed E-state index contributed by atoms with van der Waals surface area (Å²) in [5.41, 5.74) is 1.85. The number of rotatable bonds is 4. The maximum absolute atomic E-state index is 12.5. The van der Waals surface area contributed by atoms with Crippen molar-refractivity contribution in [3.63, 3.8) is 0 Å². The van der Waals surface area contributed by atoms with E-state index in [4.69, 9.17) is 0 Å². The first-order valence-corrected chi connectivity index (χ1v) is 7.48. The van der Waals surface area contributed by atoms with Crippen molar-refractivity contribution in [1.29, 1.82) is 0 Å². The van der Waals surface area contributed by atoms with Gasteiger partial charge in [0.15, 0.2) is 0 Å². The van der Waals surface area contributed by atoms with Gasteiger partial charge in [0.25, 0.3) is 0 Å². The van der Waals surface area contributed by atoms with Gasteiger partial charge in [-0.05, 0) is 32.5 Å². The first-order valence-electron chi connectivity index (χ1n) is 7.48. The molecule has 1 aliphatic heterocycles. The monoisotopic (exact) mass is 286 g/mol. The summed E-state index contributed by atoms with van der Waals surface area (Å²) in [4.78, 5) is 16.6. The minimum absolute atomic E-state index is 0.200. The van der Waals surface area contributed by atoms with E-state index in [0.717, 1.165) is 42.7 Å². The molecule has 0 saturated carbocycles. The third-order valence-electron chi connectivity index (χ3n) is 4.13. The molecule has 3 rings (SSSR count). The number of amides is 1. The summed E-state index contributed by atoms with van der Waals surface area (Å²) in [5.74, 6) is 0.799. The van der Waals surface area contributed by atoms with Crippen LogP contribution in [-0.4, -0.2) is 59.6 Å². The van der Waals surface area contributed by atoms with Gasteiger partial charge in [-0.1, -0.05) is 18.2 Å². The molecule has 1 aromatic carbocycles. The summed E-state index contributed by atoms with van der Waals surface area (Å²) in [6.45, 7) is 2.81. The van der Waals surface area contributed by atoms with Crippen LogP contribution in [0.1, 0.15) is 12.1 Å². The van der Waals surface area contributed by atoms with Gasteiger partial charge < -0.3 is 9.80 Å². The number of fused-ring (bicyclic) bond motifs is 1. The highest BCUT2D eigenvalue weighted by atomic mass is 16.2. The minimum Gasteiger partial charge on any atom is -0.342 e. The highest BCUT2D eigenvalue weighted by Gasteiger charge is 2.26. The van der Waals surface area contributed by atoms with Crippen LogP contribution in [-0.2, 0) is 11.2 Å². The molecule has 1 fully saturated rings. The first kappa shape index (κ1) is 14.1. The number of aromatic nitrogens is 2. The number of carbonyl (C=O) groups is 1. The SMILES string of the molecule is CN(C)C[C@@H]1CCN(C(=O)Cc2[nH]nc3ccccc23)C1. The summed E-state index contributed by atoms with van der Waals surface area (Å²) in [6, 6.07) is 7.92. The summed E-state index contributed by atoms with van der Waals surface area (Å²) in [7, 11) is 4.17. The molecule has 5 heteroatoms. The lowest BCUT2D eigenvalue weighted by Crippen LogP contribution is -2.31. The van der Waals surface area contributed by atoms with Crippen LogP contribution in [0, 0.1) is 5.92 Å². The van der Waals surface area contributed by atoms with Crippen LogP contribution < -0.4 is 0 Å². The van der Waals surface area contributed by atoms with Gasteiger partial charge in [0.2, 0.25) is 5.91 Å². The third-order valence-corrected chi connectivity index (χ3v) is 4.13. The Labute approximate surface area is 124 Å². The van der Waals surface area contributed by atoms with Crippen molar-refractivity contribution in [2.75, 3.05) is 33.7 Å². The molecule has 1 N–H and O–H groups in total. The maximum atomic E-state index is 12.5. The Kier molecular flexibility index (Phi) is 3.92. The molecular weight excluding hydrogens is 264 g/mol. The number of likely N-dealkylation sites (tertiary alicyclic amines) is 1. The molecular formula is C16H22N4O. The summed E-state index contributed by atoms with van der Waals surface area (Å²) >= 11 is 0. The van der Waals surface area contributed by atoms with E-state index in [9.17, 15) is 4.79 Å². The van der Waals surface area contributed by atoms with Gasteiger partial charge in [0.05, 0.1) is 17.6 Å². The van der Waals surface area contributed by atoms with E-state index in [0.29, 0.717) is 12.3 Å². The molecule has 1 aliphatic rings. The lowest BCUT2D eigenvalue weighted by Gasteiger charge is -2.18. The number of nitrogens with one attached hydrogen (secondary N) is 1. The zero-order chi connectivity index (χ0) is 14.8. The second kappa shape index (κ2) is 5.85. The van der Waals surface area contributed by atoms with Crippen LogP contribution in [0.25, 0.3) is 10.9 Å². The maximum Gasteiger partial charge on any atom is 0.228 e. The van der Waals surface area contributed by atoms with Crippen LogP contribution in [0.15, 0.2) is 24.3 Å². The number of nitrogens with zero attached hydrogens (tertiary/aromatic N) is 3. The first-order chi connectivity index (χ1) is 10.1. The molecule has 1 atom stereocenters. The number of benzene rings is 1. The average Bonchev–Trinajstić information content (AvgIpc) is 3.06.